The van der Waals surface area contributed by atoms with E-state index >= 15 is 0 Å². The second-order valence-corrected chi connectivity index (χ2v) is 28.1. The molecule has 0 amide bonds. The molecule has 0 spiro atoms. The Kier molecular flexibility index (Phi) is 29.9. The van der Waals surface area contributed by atoms with Crippen molar-refractivity contribution in [2.24, 2.45) is 59.9 Å². The van der Waals surface area contributed by atoms with Crippen LogP contribution in [0.15, 0.2) is 130 Å². The number of hydrogen-bond acceptors (Lipinski definition) is 24. The zero-order chi connectivity index (χ0) is 106. The van der Waals surface area contributed by atoms with E-state index in [9.17, 15) is 0 Å². The highest BCUT2D eigenvalue weighted by atomic mass is 16.5. The summed E-state index contributed by atoms with van der Waals surface area (Å²) >= 11 is 0. The monoisotopic (exact) mass is 1610 g/mol. The van der Waals surface area contributed by atoms with E-state index in [-0.39, 0.29) is 65.1 Å². The molecule has 0 aromatic heterocycles. The summed E-state index contributed by atoms with van der Waals surface area (Å²) < 4.78 is 256. The third kappa shape index (κ3) is 35.5. The van der Waals surface area contributed by atoms with Gasteiger partial charge in [0.05, 0.1) is 39.6 Å². The van der Waals surface area contributed by atoms with Crippen molar-refractivity contribution in [3.63, 3.8) is 0 Å². The maximum Gasteiger partial charge on any atom is 0.237 e. The summed E-state index contributed by atoms with van der Waals surface area (Å²) in [7, 11) is 6.23. The molecule has 12 rings (SSSR count). The Balaban J connectivity index is 0.000000233. The summed E-state index contributed by atoms with van der Waals surface area (Å²) in [5, 5.41) is 0. The minimum absolute atomic E-state index is 0.0937. The van der Waals surface area contributed by atoms with Gasteiger partial charge in [0.25, 0.3) is 0 Å². The number of aliphatic imine (C=N–C) groups is 12. The lowest BCUT2D eigenvalue weighted by Gasteiger charge is -2.23. The molecular weight excluding hydrogens is 1430 g/mol. The molecule has 0 aliphatic carbocycles. The van der Waals surface area contributed by atoms with Crippen molar-refractivity contribution in [1.82, 2.24) is 29.4 Å². The number of likely N-dealkylation sites (N-methyl/N-ethyl adjacent to an activating group) is 6. The van der Waals surface area contributed by atoms with E-state index in [2.05, 4.69) is 107 Å². The van der Waals surface area contributed by atoms with Crippen LogP contribution in [0.4, 0.5) is 0 Å². The smallest absolute Gasteiger partial charge is 0.237 e. The lowest BCUT2D eigenvalue weighted by molar-refractivity contribution is 0.297. The summed E-state index contributed by atoms with van der Waals surface area (Å²) in [4.78, 5) is 62.5. The first-order valence-electron chi connectivity index (χ1n) is 55.3. The Morgan fingerprint density at radius 3 is 0.711 bits per heavy atom. The van der Waals surface area contributed by atoms with E-state index in [4.69, 9.17) is 68.2 Å². The van der Waals surface area contributed by atoms with Crippen LogP contribution in [0.5, 0.6) is 0 Å². The van der Waals surface area contributed by atoms with Gasteiger partial charge in [-0.25, -0.2) is 30.0 Å². The predicted molar refractivity (Wildman–Crippen MR) is 480 cm³/mol. The zero-order valence-corrected chi connectivity index (χ0v) is 69.6. The van der Waals surface area contributed by atoms with Crippen molar-refractivity contribution >= 4 is 69.7 Å². The molecule has 0 saturated carbocycles. The SMILES string of the molecule is [2H]C([2H])(C)C([2H])([2H])C([2H])([2H])CCOC1=NCN=C1C1=CCCN(C)C1.[2H]C([2H])(C)CCCCOC1=NCN=C1C1=CCCN(C([2H])([2H])[2H])C1.[2H]C([2H])(C)CCCCOC1=NCN=C1C1=CCCN(C)C1.[2H]C([2H])(CCC)CCOC1=NCN=C1C1=CCCN(C([2H])([2H])[2H])C1.[2H]C([2H])(CCC)CCOC1=NCN=C1C1=CCCN(C)C1.[2H]C([2H])([2H])N1CCC=C(C2=NCN=C2OCCC([2H])([2H])C([2H])([2H])C([2H])([2H])C)C1. The molecule has 24 nitrogen and oxygen atoms in total. The third-order valence-electron chi connectivity index (χ3n) is 18.5. The highest BCUT2D eigenvalue weighted by Gasteiger charge is 2.29. The number of ether oxygens (including phenoxy) is 6. The average Bonchev–Trinajstić information content (AvgIpc) is 0.805. The van der Waals surface area contributed by atoms with Crippen LogP contribution in [0, 0.1) is 0 Å². The summed E-state index contributed by atoms with van der Waals surface area (Å²) in [6, 6.07) is 0. The molecular formula is C90H150N18O6. The van der Waals surface area contributed by atoms with Gasteiger partial charge in [-0.15, -0.1) is 0 Å². The molecule has 636 valence electrons. The number of nitrogens with zero attached hydrogens (tertiary/aromatic N) is 18. The van der Waals surface area contributed by atoms with E-state index in [0.717, 1.165) is 139 Å². The quantitative estimate of drug-likeness (QED) is 0.0534. The van der Waals surface area contributed by atoms with Crippen molar-refractivity contribution in [2.75, 3.05) is 200 Å². The maximum absolute atomic E-state index is 7.92. The molecule has 12 aliphatic rings. The Morgan fingerprint density at radius 2 is 0.491 bits per heavy atom. The fourth-order valence-corrected chi connectivity index (χ4v) is 12.8. The van der Waals surface area contributed by atoms with Crippen molar-refractivity contribution in [2.45, 2.75) is 234 Å². The van der Waals surface area contributed by atoms with Gasteiger partial charge < -0.3 is 57.8 Å². The predicted octanol–water partition coefficient (Wildman–Crippen LogP) is 15.9. The summed E-state index contributed by atoms with van der Waals surface area (Å²) in [6.07, 6.45) is 4.83. The van der Waals surface area contributed by atoms with Crippen LogP contribution < -0.4 is 0 Å². The van der Waals surface area contributed by atoms with Gasteiger partial charge >= 0.3 is 0 Å². The van der Waals surface area contributed by atoms with Crippen LogP contribution in [0.25, 0.3) is 0 Å². The molecule has 12 aliphatic heterocycles. The van der Waals surface area contributed by atoms with Crippen molar-refractivity contribution in [3.05, 3.63) is 69.9 Å². The molecule has 0 saturated heterocycles. The van der Waals surface area contributed by atoms with Crippen LogP contribution in [0.2, 0.25) is 0 Å². The van der Waals surface area contributed by atoms with Gasteiger partial charge in [-0.3, -0.25) is 30.0 Å². The fraction of sp³-hybridized carbons (Fsp3) is 0.733. The second kappa shape index (κ2) is 57.2. The molecule has 0 atom stereocenters. The normalized spacial score (nSPS) is 25.4. The molecule has 0 unspecified atom stereocenters. The largest absolute Gasteiger partial charge is 0.476 e. The number of unbranched alkanes of at least 4 members (excludes halogenated alkanes) is 2. The van der Waals surface area contributed by atoms with Crippen molar-refractivity contribution in [1.29, 1.82) is 0 Å². The van der Waals surface area contributed by atoms with Gasteiger partial charge in [-0.05, 0) is 153 Å². The summed E-state index contributed by atoms with van der Waals surface area (Å²) in [5.41, 5.74) is 9.95. The van der Waals surface area contributed by atoms with Gasteiger partial charge in [0, 0.05) is 118 Å². The van der Waals surface area contributed by atoms with Gasteiger partial charge in [-0.1, -0.05) is 193 Å². The Morgan fingerprint density at radius 1 is 0.263 bits per heavy atom. The molecule has 0 aromatic rings. The minimum atomic E-state index is -2.70. The minimum Gasteiger partial charge on any atom is -0.476 e. The molecule has 24 heteroatoms. The van der Waals surface area contributed by atoms with E-state index in [1.807, 2.05) is 39.1 Å². The first kappa shape index (κ1) is 59.7. The molecule has 12 heterocycles. The van der Waals surface area contributed by atoms with Gasteiger partial charge in [0.2, 0.25) is 35.4 Å². The van der Waals surface area contributed by atoms with Crippen LogP contribution in [-0.4, -0.2) is 299 Å². The van der Waals surface area contributed by atoms with Gasteiger partial charge in [-0.2, -0.15) is 0 Å². The standard InChI is InChI=1S/6C15H25N3O/c6*1-3-4-5-6-10-19-15-14(16-12-17-15)13-8-7-9-18(2)11-13/h6*8H,3-7,9-12H2,1-2H3/i2D3,3D2,4D2,5D2;3D2,4D2,5D2;2D3,5D2;2D3,3D2;5D2;3D2. The Hall–Kier alpha value is -6.96. The van der Waals surface area contributed by atoms with Crippen LogP contribution in [0.1, 0.15) is 273 Å². The molecule has 0 bridgehead atoms. The average molecular weight is 1610 g/mol. The topological polar surface area (TPSA) is 223 Å². The lowest BCUT2D eigenvalue weighted by atomic mass is 10.1. The van der Waals surface area contributed by atoms with E-state index in [0.29, 0.717) is 188 Å². The highest BCUT2D eigenvalue weighted by molar-refractivity contribution is 6.49. The Labute approximate surface area is 729 Å². The highest BCUT2D eigenvalue weighted by Crippen LogP contribution is 2.22. The molecule has 0 fully saturated rings. The second-order valence-electron chi connectivity index (χ2n) is 28.1. The third-order valence-corrected chi connectivity index (χ3v) is 18.5. The van der Waals surface area contributed by atoms with E-state index in [1.54, 1.807) is 13.8 Å². The summed E-state index contributed by atoms with van der Waals surface area (Å²) in [5.74, 6) is 2.67. The molecule has 0 aromatic carbocycles. The van der Waals surface area contributed by atoms with Crippen LogP contribution in [-0.2, 0) is 28.4 Å². The number of hydrogen-bond donors (Lipinski definition) is 0. The van der Waals surface area contributed by atoms with E-state index < -0.39 is 84.7 Å². The van der Waals surface area contributed by atoms with E-state index in [1.165, 1.54) is 25.8 Å². The van der Waals surface area contributed by atoms with Crippen LogP contribution in [0.3, 0.4) is 0 Å². The lowest BCUT2D eigenvalue weighted by Crippen LogP contribution is -2.31. The summed E-state index contributed by atoms with van der Waals surface area (Å²) in [6.45, 7) is 13.9. The van der Waals surface area contributed by atoms with Crippen molar-refractivity contribution in [3.8, 4) is 0 Å². The zero-order valence-electron chi connectivity index (χ0n) is 98.6. The maximum atomic E-state index is 7.92. The number of rotatable bonds is 36. The van der Waals surface area contributed by atoms with Crippen molar-refractivity contribution < 1.29 is 68.2 Å². The Bertz CT molecular complexity index is 4750. The van der Waals surface area contributed by atoms with Crippen LogP contribution >= 0.6 is 0 Å². The fourth-order valence-electron chi connectivity index (χ4n) is 12.8. The first-order valence-corrected chi connectivity index (χ1v) is 40.8. The molecule has 114 heavy (non-hydrogen) atoms. The molecule has 0 N–H and O–H groups in total. The van der Waals surface area contributed by atoms with Gasteiger partial charge in [0.15, 0.2) is 0 Å². The molecule has 0 radical (unpaired) electrons. The first-order chi connectivity index (χ1) is 66.5. The van der Waals surface area contributed by atoms with Gasteiger partial charge in [0.1, 0.15) is 74.3 Å².